The molecule has 2 aromatic rings. The summed E-state index contributed by atoms with van der Waals surface area (Å²) >= 11 is 1.68. The number of hydrogen-bond donors (Lipinski definition) is 0. The van der Waals surface area contributed by atoms with Crippen LogP contribution in [0.4, 0.5) is 0 Å². The van der Waals surface area contributed by atoms with Crippen molar-refractivity contribution in [1.29, 1.82) is 0 Å². The minimum atomic E-state index is -0.0172. The van der Waals surface area contributed by atoms with Crippen molar-refractivity contribution in [3.63, 3.8) is 0 Å². The average Bonchev–Trinajstić information content (AvgIpc) is 3.18. The number of carbonyl (C=O) groups is 1. The van der Waals surface area contributed by atoms with Gasteiger partial charge >= 0.3 is 0 Å². The van der Waals surface area contributed by atoms with E-state index in [9.17, 15) is 4.79 Å². The van der Waals surface area contributed by atoms with Crippen molar-refractivity contribution in [2.45, 2.75) is 32.1 Å². The zero-order valence-corrected chi connectivity index (χ0v) is 14.0. The van der Waals surface area contributed by atoms with Crippen LogP contribution < -0.4 is 0 Å². The molecule has 1 unspecified atom stereocenters. The third kappa shape index (κ3) is 2.92. The summed E-state index contributed by atoms with van der Waals surface area (Å²) in [7, 11) is 0. The molecule has 3 rings (SSSR count). The second kappa shape index (κ2) is 6.20. The summed E-state index contributed by atoms with van der Waals surface area (Å²) < 4.78 is 7.68. The first-order valence-electron chi connectivity index (χ1n) is 7.48. The van der Waals surface area contributed by atoms with Crippen LogP contribution in [-0.4, -0.2) is 39.9 Å². The lowest BCUT2D eigenvalue weighted by molar-refractivity contribution is 0.0754. The van der Waals surface area contributed by atoms with E-state index in [4.69, 9.17) is 4.42 Å². The van der Waals surface area contributed by atoms with Gasteiger partial charge in [0.25, 0.3) is 5.91 Å². The fourth-order valence-corrected chi connectivity index (χ4v) is 3.45. The molecule has 3 heterocycles. The Balaban J connectivity index is 1.69. The summed E-state index contributed by atoms with van der Waals surface area (Å²) in [6, 6.07) is 6.01. The number of rotatable bonds is 4. The van der Waals surface area contributed by atoms with Gasteiger partial charge in [-0.3, -0.25) is 9.48 Å². The van der Waals surface area contributed by atoms with Crippen LogP contribution >= 0.6 is 11.8 Å². The van der Waals surface area contributed by atoms with Crippen molar-refractivity contribution in [1.82, 2.24) is 14.7 Å². The van der Waals surface area contributed by atoms with Crippen molar-refractivity contribution in [3.05, 3.63) is 41.1 Å². The zero-order chi connectivity index (χ0) is 15.7. The molecule has 0 radical (unpaired) electrons. The molecule has 0 aromatic carbocycles. The van der Waals surface area contributed by atoms with Crippen molar-refractivity contribution >= 4 is 17.7 Å². The fraction of sp³-hybridized carbons (Fsp3) is 0.500. The molecule has 1 saturated heterocycles. The highest BCUT2D eigenvalue weighted by atomic mass is 32.2. The maximum Gasteiger partial charge on any atom is 0.289 e. The van der Waals surface area contributed by atoms with Gasteiger partial charge in [-0.25, -0.2) is 0 Å². The number of likely N-dealkylation sites (tertiary alicyclic amines) is 1. The van der Waals surface area contributed by atoms with E-state index in [1.807, 2.05) is 28.8 Å². The van der Waals surface area contributed by atoms with Gasteiger partial charge in [-0.05, 0) is 44.7 Å². The number of furan rings is 1. The van der Waals surface area contributed by atoms with Crippen LogP contribution in [0.3, 0.4) is 0 Å². The Morgan fingerprint density at radius 1 is 1.45 bits per heavy atom. The Bertz CT molecular complexity index is 677. The lowest BCUT2D eigenvalue weighted by Gasteiger charge is -2.16. The Labute approximate surface area is 134 Å². The highest BCUT2D eigenvalue weighted by Gasteiger charge is 2.30. The largest absolute Gasteiger partial charge is 0.455 e. The van der Waals surface area contributed by atoms with Crippen molar-refractivity contribution in [3.8, 4) is 0 Å². The molecule has 1 aliphatic rings. The SMILES string of the molecule is CSCc1ccc(C(=O)N2CCC(n3nc(C)cc3C)C2)o1. The summed E-state index contributed by atoms with van der Waals surface area (Å²) in [6.07, 6.45) is 2.95. The van der Waals surface area contributed by atoms with Crippen molar-refractivity contribution in [2.75, 3.05) is 19.3 Å². The first-order valence-corrected chi connectivity index (χ1v) is 8.87. The summed E-state index contributed by atoms with van der Waals surface area (Å²) in [6.45, 7) is 5.50. The van der Waals surface area contributed by atoms with Gasteiger partial charge in [0.15, 0.2) is 5.76 Å². The summed E-state index contributed by atoms with van der Waals surface area (Å²) in [4.78, 5) is 14.4. The van der Waals surface area contributed by atoms with Gasteiger partial charge < -0.3 is 9.32 Å². The third-order valence-electron chi connectivity index (χ3n) is 4.00. The molecule has 6 heteroatoms. The van der Waals surface area contributed by atoms with E-state index in [2.05, 4.69) is 18.1 Å². The van der Waals surface area contributed by atoms with Crippen LogP contribution in [0.15, 0.2) is 22.6 Å². The Morgan fingerprint density at radius 2 is 2.27 bits per heavy atom. The van der Waals surface area contributed by atoms with Crippen LogP contribution in [0, 0.1) is 13.8 Å². The molecule has 5 nitrogen and oxygen atoms in total. The topological polar surface area (TPSA) is 51.3 Å². The quantitative estimate of drug-likeness (QED) is 0.869. The van der Waals surface area contributed by atoms with Gasteiger partial charge in [0.2, 0.25) is 0 Å². The number of thioether (sulfide) groups is 1. The predicted octanol–water partition coefficient (Wildman–Crippen LogP) is 3.04. The molecule has 118 valence electrons. The lowest BCUT2D eigenvalue weighted by atomic mass is 10.2. The highest BCUT2D eigenvalue weighted by molar-refractivity contribution is 7.97. The van der Waals surface area contributed by atoms with E-state index >= 15 is 0 Å². The van der Waals surface area contributed by atoms with Crippen molar-refractivity contribution in [2.24, 2.45) is 0 Å². The second-order valence-electron chi connectivity index (χ2n) is 5.76. The minimum absolute atomic E-state index is 0.0172. The third-order valence-corrected chi connectivity index (χ3v) is 4.57. The first kappa shape index (κ1) is 15.2. The van der Waals surface area contributed by atoms with Crippen LogP contribution in [0.5, 0.6) is 0 Å². The molecule has 22 heavy (non-hydrogen) atoms. The monoisotopic (exact) mass is 319 g/mol. The maximum atomic E-state index is 12.5. The van der Waals surface area contributed by atoms with Gasteiger partial charge in [0.05, 0.1) is 17.5 Å². The lowest BCUT2D eigenvalue weighted by Crippen LogP contribution is -2.29. The smallest absolute Gasteiger partial charge is 0.289 e. The van der Waals surface area contributed by atoms with Crippen LogP contribution in [0.25, 0.3) is 0 Å². The molecular weight excluding hydrogens is 298 g/mol. The average molecular weight is 319 g/mol. The van der Waals surface area contributed by atoms with E-state index < -0.39 is 0 Å². The van der Waals surface area contributed by atoms with E-state index in [0.717, 1.165) is 35.9 Å². The molecule has 0 bridgehead atoms. The fourth-order valence-electron chi connectivity index (χ4n) is 3.01. The van der Waals surface area contributed by atoms with Crippen LogP contribution in [-0.2, 0) is 5.75 Å². The standard InChI is InChI=1S/C16H21N3O2S/c1-11-8-12(2)19(17-11)13-6-7-18(9-13)16(20)15-5-4-14(21-15)10-22-3/h4-5,8,13H,6-7,9-10H2,1-3H3. The number of carbonyl (C=O) groups excluding carboxylic acids is 1. The number of amides is 1. The van der Waals surface area contributed by atoms with E-state index in [-0.39, 0.29) is 11.9 Å². The van der Waals surface area contributed by atoms with Crippen LogP contribution in [0.2, 0.25) is 0 Å². The minimum Gasteiger partial charge on any atom is -0.455 e. The molecule has 1 aliphatic heterocycles. The molecule has 2 aromatic heterocycles. The van der Waals surface area contributed by atoms with E-state index in [0.29, 0.717) is 12.3 Å². The number of aromatic nitrogens is 2. The van der Waals surface area contributed by atoms with Crippen molar-refractivity contribution < 1.29 is 9.21 Å². The molecule has 0 aliphatic carbocycles. The molecule has 1 fully saturated rings. The second-order valence-corrected chi connectivity index (χ2v) is 6.63. The molecule has 0 saturated carbocycles. The van der Waals surface area contributed by atoms with Gasteiger partial charge in [0, 0.05) is 18.8 Å². The van der Waals surface area contributed by atoms with Gasteiger partial charge in [-0.15, -0.1) is 0 Å². The predicted molar refractivity (Wildman–Crippen MR) is 87.2 cm³/mol. The summed E-state index contributed by atoms with van der Waals surface area (Å²) in [5.74, 6) is 2.07. The van der Waals surface area contributed by atoms with Crippen LogP contribution in [0.1, 0.15) is 40.2 Å². The molecule has 0 spiro atoms. The molecular formula is C16H21N3O2S. The van der Waals surface area contributed by atoms with Gasteiger partial charge in [-0.2, -0.15) is 16.9 Å². The number of hydrogen-bond acceptors (Lipinski definition) is 4. The first-order chi connectivity index (χ1) is 10.6. The number of nitrogens with zero attached hydrogens (tertiary/aromatic N) is 3. The Hall–Kier alpha value is -1.69. The molecule has 1 atom stereocenters. The van der Waals surface area contributed by atoms with E-state index in [1.165, 1.54) is 0 Å². The molecule has 0 N–H and O–H groups in total. The maximum absolute atomic E-state index is 12.5. The Kier molecular flexibility index (Phi) is 4.29. The number of aryl methyl sites for hydroxylation is 2. The summed E-state index contributed by atoms with van der Waals surface area (Å²) in [5, 5.41) is 4.54. The molecule has 1 amide bonds. The Morgan fingerprint density at radius 3 is 2.95 bits per heavy atom. The van der Waals surface area contributed by atoms with Gasteiger partial charge in [-0.1, -0.05) is 0 Å². The zero-order valence-electron chi connectivity index (χ0n) is 13.2. The normalized spacial score (nSPS) is 18.1. The summed E-state index contributed by atoms with van der Waals surface area (Å²) in [5.41, 5.74) is 2.17. The highest BCUT2D eigenvalue weighted by Crippen LogP contribution is 2.25. The van der Waals surface area contributed by atoms with Gasteiger partial charge in [0.1, 0.15) is 5.76 Å². The van der Waals surface area contributed by atoms with E-state index in [1.54, 1.807) is 17.8 Å².